The molecule has 0 bridgehead atoms. The number of nitrogens with zero attached hydrogens (tertiary/aromatic N) is 4. The Hall–Kier alpha value is -3.15. The van der Waals surface area contributed by atoms with E-state index in [1.165, 1.54) is 0 Å². The monoisotopic (exact) mass is 454 g/mol. The van der Waals surface area contributed by atoms with Crippen LogP contribution in [0.3, 0.4) is 0 Å². The van der Waals surface area contributed by atoms with E-state index in [2.05, 4.69) is 20.3 Å². The molecule has 2 N–H and O–H groups in total. The van der Waals surface area contributed by atoms with E-state index in [4.69, 9.17) is 4.74 Å². The fourth-order valence-corrected chi connectivity index (χ4v) is 3.40. The van der Waals surface area contributed by atoms with Crippen molar-refractivity contribution in [1.82, 2.24) is 20.1 Å². The number of ether oxygens (including phenoxy) is 1. The van der Waals surface area contributed by atoms with E-state index in [0.717, 1.165) is 12.0 Å². The number of alkyl halides is 3. The molecule has 0 radical (unpaired) electrons. The third kappa shape index (κ3) is 6.19. The Morgan fingerprint density at radius 3 is 2.69 bits per heavy atom. The molecule has 2 aromatic rings. The average molecular weight is 454 g/mol. The molecule has 12 heteroatoms. The van der Waals surface area contributed by atoms with Gasteiger partial charge in [-0.05, 0) is 19.1 Å². The van der Waals surface area contributed by atoms with Gasteiger partial charge in [0.2, 0.25) is 5.91 Å². The zero-order chi connectivity index (χ0) is 23.1. The van der Waals surface area contributed by atoms with Crippen LogP contribution in [0.4, 0.5) is 24.7 Å². The van der Waals surface area contributed by atoms with Gasteiger partial charge in [-0.1, -0.05) is 6.07 Å². The van der Waals surface area contributed by atoms with Gasteiger partial charge in [0.25, 0.3) is 5.56 Å². The molecule has 3 heterocycles. The number of pyridine rings is 1. The first-order valence-corrected chi connectivity index (χ1v) is 10.2. The molecule has 1 amide bonds. The molecule has 0 aromatic carbocycles. The third-order valence-electron chi connectivity index (χ3n) is 4.98. The van der Waals surface area contributed by atoms with Gasteiger partial charge in [0, 0.05) is 38.4 Å². The molecule has 32 heavy (non-hydrogen) atoms. The van der Waals surface area contributed by atoms with Crippen LogP contribution in [0, 0.1) is 0 Å². The van der Waals surface area contributed by atoms with Crippen LogP contribution < -0.4 is 15.8 Å². The molecule has 1 aliphatic rings. The van der Waals surface area contributed by atoms with Gasteiger partial charge in [0.05, 0.1) is 31.5 Å². The van der Waals surface area contributed by atoms with Crippen LogP contribution in [0.15, 0.2) is 35.4 Å². The molecule has 9 nitrogen and oxygen atoms in total. The van der Waals surface area contributed by atoms with E-state index in [1.807, 2.05) is 18.2 Å². The van der Waals surface area contributed by atoms with E-state index >= 15 is 0 Å². The summed E-state index contributed by atoms with van der Waals surface area (Å²) in [5.41, 5.74) is -3.07. The molecule has 174 valence electrons. The van der Waals surface area contributed by atoms with Gasteiger partial charge in [-0.3, -0.25) is 9.59 Å². The van der Waals surface area contributed by atoms with Crippen LogP contribution in [0.25, 0.3) is 0 Å². The standard InChI is InChI=1S/C20H25F3N6O3/c1-14(26-15-12-25-27-19(31)18(15)20(21,22)23)13-32-11-5-17(30)29-9-7-28(8-10-29)16-4-2-3-6-24-16/h2-4,6,12,14H,5,7-11,13H2,1H3,(H2,26,27,31). The first-order valence-electron chi connectivity index (χ1n) is 10.2. The average Bonchev–Trinajstić information content (AvgIpc) is 2.76. The summed E-state index contributed by atoms with van der Waals surface area (Å²) in [6, 6.07) is 5.17. The lowest BCUT2D eigenvalue weighted by atomic mass is 10.2. The minimum atomic E-state index is -4.81. The Balaban J connectivity index is 1.39. The Kier molecular flexibility index (Phi) is 7.67. The highest BCUT2D eigenvalue weighted by Gasteiger charge is 2.37. The molecule has 0 saturated carbocycles. The Morgan fingerprint density at radius 2 is 2.03 bits per heavy atom. The van der Waals surface area contributed by atoms with E-state index in [0.29, 0.717) is 26.2 Å². The molecule has 1 saturated heterocycles. The highest BCUT2D eigenvalue weighted by molar-refractivity contribution is 5.76. The second-order valence-electron chi connectivity index (χ2n) is 7.41. The summed E-state index contributed by atoms with van der Waals surface area (Å²) in [6.45, 7) is 4.37. The first kappa shape index (κ1) is 23.5. The lowest BCUT2D eigenvalue weighted by molar-refractivity contribution is -0.138. The molecular formula is C20H25F3N6O3. The van der Waals surface area contributed by atoms with Crippen molar-refractivity contribution in [3.8, 4) is 0 Å². The van der Waals surface area contributed by atoms with Crippen molar-refractivity contribution >= 4 is 17.4 Å². The predicted molar refractivity (Wildman–Crippen MR) is 111 cm³/mol. The zero-order valence-corrected chi connectivity index (χ0v) is 17.6. The molecular weight excluding hydrogens is 429 g/mol. The van der Waals surface area contributed by atoms with Gasteiger partial charge < -0.3 is 19.9 Å². The number of halogens is 3. The fourth-order valence-electron chi connectivity index (χ4n) is 3.40. The number of hydrogen-bond acceptors (Lipinski definition) is 7. The number of H-pyrrole nitrogens is 1. The third-order valence-corrected chi connectivity index (χ3v) is 4.98. The Bertz CT molecular complexity index is 946. The Labute approximate surface area is 182 Å². The minimum Gasteiger partial charge on any atom is -0.379 e. The second-order valence-corrected chi connectivity index (χ2v) is 7.41. The van der Waals surface area contributed by atoms with Gasteiger partial charge in [-0.25, -0.2) is 10.1 Å². The summed E-state index contributed by atoms with van der Waals surface area (Å²) in [5, 5.41) is 7.79. The van der Waals surface area contributed by atoms with E-state index < -0.39 is 29.0 Å². The van der Waals surface area contributed by atoms with Crippen LogP contribution in [-0.2, 0) is 15.7 Å². The fraction of sp³-hybridized carbons (Fsp3) is 0.500. The van der Waals surface area contributed by atoms with E-state index in [-0.39, 0.29) is 25.5 Å². The zero-order valence-electron chi connectivity index (χ0n) is 17.6. The van der Waals surface area contributed by atoms with Crippen molar-refractivity contribution in [1.29, 1.82) is 0 Å². The van der Waals surface area contributed by atoms with Crippen LogP contribution in [0.1, 0.15) is 18.9 Å². The van der Waals surface area contributed by atoms with Crippen LogP contribution in [0.2, 0.25) is 0 Å². The molecule has 3 rings (SSSR count). The van der Waals surface area contributed by atoms with Crippen molar-refractivity contribution in [3.63, 3.8) is 0 Å². The normalized spacial score (nSPS) is 15.5. The van der Waals surface area contributed by atoms with E-state index in [1.54, 1.807) is 23.1 Å². The minimum absolute atomic E-state index is 0.0376. The topological polar surface area (TPSA) is 103 Å². The molecule has 0 aliphatic carbocycles. The molecule has 0 spiro atoms. The van der Waals surface area contributed by atoms with Gasteiger partial charge in [0.1, 0.15) is 11.4 Å². The summed E-state index contributed by atoms with van der Waals surface area (Å²) < 4.78 is 44.7. The number of hydrogen-bond donors (Lipinski definition) is 2. The first-order chi connectivity index (χ1) is 15.3. The SMILES string of the molecule is CC(COCCC(=O)N1CCN(c2ccccn2)CC1)Nc1cn[nH]c(=O)c1C(F)(F)F. The quantitative estimate of drug-likeness (QED) is 0.586. The number of carbonyl (C=O) groups excluding carboxylic acids is 1. The van der Waals surface area contributed by atoms with Crippen LogP contribution in [-0.4, -0.2) is 71.4 Å². The van der Waals surface area contributed by atoms with Crippen molar-refractivity contribution < 1.29 is 22.7 Å². The molecule has 2 aromatic heterocycles. The summed E-state index contributed by atoms with van der Waals surface area (Å²) in [4.78, 5) is 32.1. The number of piperazine rings is 1. The molecule has 1 fully saturated rings. The largest absolute Gasteiger partial charge is 0.423 e. The second kappa shape index (κ2) is 10.4. The molecule has 1 atom stereocenters. The molecule has 1 unspecified atom stereocenters. The number of anilines is 2. The van der Waals surface area contributed by atoms with Crippen molar-refractivity contribution in [2.45, 2.75) is 25.6 Å². The maximum Gasteiger partial charge on any atom is 0.423 e. The lowest BCUT2D eigenvalue weighted by Gasteiger charge is -2.35. The highest BCUT2D eigenvalue weighted by Crippen LogP contribution is 2.31. The highest BCUT2D eigenvalue weighted by atomic mass is 19.4. The lowest BCUT2D eigenvalue weighted by Crippen LogP contribution is -2.49. The van der Waals surface area contributed by atoms with Crippen LogP contribution in [0.5, 0.6) is 0 Å². The maximum absolute atomic E-state index is 13.1. The Morgan fingerprint density at radius 1 is 1.28 bits per heavy atom. The number of nitrogens with one attached hydrogen (secondary N) is 2. The predicted octanol–water partition coefficient (Wildman–Crippen LogP) is 1.74. The maximum atomic E-state index is 13.1. The number of aromatic amines is 1. The van der Waals surface area contributed by atoms with Crippen LogP contribution >= 0.6 is 0 Å². The number of amides is 1. The number of aromatic nitrogens is 3. The van der Waals surface area contributed by atoms with Gasteiger partial charge in [-0.15, -0.1) is 0 Å². The van der Waals surface area contributed by atoms with Crippen molar-refractivity contribution in [3.05, 3.63) is 46.5 Å². The van der Waals surface area contributed by atoms with Gasteiger partial charge in [0.15, 0.2) is 0 Å². The smallest absolute Gasteiger partial charge is 0.379 e. The number of rotatable bonds is 8. The molecule has 1 aliphatic heterocycles. The van der Waals surface area contributed by atoms with Crippen molar-refractivity contribution in [2.75, 3.05) is 49.6 Å². The summed E-state index contributed by atoms with van der Waals surface area (Å²) in [6.07, 6.45) is -1.99. The van der Waals surface area contributed by atoms with Crippen molar-refractivity contribution in [2.24, 2.45) is 0 Å². The van der Waals surface area contributed by atoms with Gasteiger partial charge in [-0.2, -0.15) is 18.3 Å². The van der Waals surface area contributed by atoms with Gasteiger partial charge >= 0.3 is 6.18 Å². The van der Waals surface area contributed by atoms with E-state index in [9.17, 15) is 22.8 Å². The number of carbonyl (C=O) groups is 1. The summed E-state index contributed by atoms with van der Waals surface area (Å²) in [5.74, 6) is 0.846. The summed E-state index contributed by atoms with van der Waals surface area (Å²) in [7, 11) is 0. The summed E-state index contributed by atoms with van der Waals surface area (Å²) >= 11 is 0.